The van der Waals surface area contributed by atoms with Crippen LogP contribution in [0.25, 0.3) is 33.3 Å². The van der Waals surface area contributed by atoms with Crippen LogP contribution in [0.2, 0.25) is 0 Å². The quantitative estimate of drug-likeness (QED) is 0.339. The number of piperidine rings is 1. The SMILES string of the molecule is CC1(C)CNCC[C@@H]1Nc1nc(-c2ccnc3[nH]c(C(F)(F)F)cc23)nc2cncc(C3CCC3)c12. The Labute approximate surface area is 206 Å². The molecule has 0 spiro atoms. The van der Waals surface area contributed by atoms with Gasteiger partial charge in [-0.3, -0.25) is 4.98 Å². The number of nitrogens with zero attached hydrogens (tertiary/aromatic N) is 4. The van der Waals surface area contributed by atoms with Crippen LogP contribution < -0.4 is 10.6 Å². The second-order valence-electron chi connectivity index (χ2n) is 10.6. The van der Waals surface area contributed by atoms with Gasteiger partial charge in [0, 0.05) is 41.3 Å². The molecule has 1 atom stereocenters. The number of H-pyrrole nitrogens is 1. The number of nitrogens with one attached hydrogen (secondary N) is 3. The molecule has 7 nitrogen and oxygen atoms in total. The lowest BCUT2D eigenvalue weighted by molar-refractivity contribution is -0.140. The van der Waals surface area contributed by atoms with Gasteiger partial charge in [-0.05, 0) is 54.8 Å². The lowest BCUT2D eigenvalue weighted by Crippen LogP contribution is -2.49. The Kier molecular flexibility index (Phi) is 5.40. The van der Waals surface area contributed by atoms with Crippen LogP contribution in [0, 0.1) is 5.41 Å². The van der Waals surface area contributed by atoms with E-state index in [1.54, 1.807) is 12.3 Å². The molecule has 188 valence electrons. The van der Waals surface area contributed by atoms with Gasteiger partial charge in [-0.25, -0.2) is 15.0 Å². The molecular weight excluding hydrogens is 467 g/mol. The molecule has 6 rings (SSSR count). The minimum absolute atomic E-state index is 0.00840. The van der Waals surface area contributed by atoms with E-state index >= 15 is 0 Å². The van der Waals surface area contributed by atoms with E-state index in [2.05, 4.69) is 39.4 Å². The van der Waals surface area contributed by atoms with E-state index < -0.39 is 11.9 Å². The highest BCUT2D eigenvalue weighted by Crippen LogP contribution is 2.42. The van der Waals surface area contributed by atoms with E-state index in [9.17, 15) is 13.2 Å². The van der Waals surface area contributed by atoms with Gasteiger partial charge in [0.05, 0.1) is 11.7 Å². The van der Waals surface area contributed by atoms with Gasteiger partial charge < -0.3 is 15.6 Å². The van der Waals surface area contributed by atoms with E-state index in [0.717, 1.165) is 55.2 Å². The molecule has 0 unspecified atom stereocenters. The van der Waals surface area contributed by atoms with Gasteiger partial charge in [0.25, 0.3) is 0 Å². The van der Waals surface area contributed by atoms with Crippen molar-refractivity contribution < 1.29 is 13.2 Å². The molecule has 0 aromatic carbocycles. The number of hydrogen-bond acceptors (Lipinski definition) is 6. The van der Waals surface area contributed by atoms with Crippen LogP contribution in [-0.2, 0) is 6.18 Å². The summed E-state index contributed by atoms with van der Waals surface area (Å²) in [5.41, 5.74) is 1.62. The lowest BCUT2D eigenvalue weighted by Gasteiger charge is -2.40. The Balaban J connectivity index is 1.54. The third-order valence-corrected chi connectivity index (χ3v) is 7.70. The zero-order chi connectivity index (χ0) is 25.1. The fourth-order valence-corrected chi connectivity index (χ4v) is 5.34. The number of rotatable bonds is 4. The van der Waals surface area contributed by atoms with Gasteiger partial charge in [-0.2, -0.15) is 13.2 Å². The molecule has 0 bridgehead atoms. The van der Waals surface area contributed by atoms with E-state index in [0.29, 0.717) is 28.2 Å². The molecule has 2 aliphatic rings. The minimum atomic E-state index is -4.50. The topological polar surface area (TPSA) is 91.4 Å². The molecule has 36 heavy (non-hydrogen) atoms. The average molecular weight is 496 g/mol. The van der Waals surface area contributed by atoms with Crippen molar-refractivity contribution in [1.82, 2.24) is 30.2 Å². The number of pyridine rings is 2. The maximum absolute atomic E-state index is 13.4. The first-order valence-electron chi connectivity index (χ1n) is 12.4. The Morgan fingerprint density at radius 1 is 1.11 bits per heavy atom. The third-order valence-electron chi connectivity index (χ3n) is 7.70. The molecule has 0 radical (unpaired) electrons. The first kappa shape index (κ1) is 23.1. The van der Waals surface area contributed by atoms with Crippen LogP contribution >= 0.6 is 0 Å². The first-order chi connectivity index (χ1) is 17.2. The van der Waals surface area contributed by atoms with Crippen LogP contribution in [0.4, 0.5) is 19.0 Å². The van der Waals surface area contributed by atoms with E-state index in [1.165, 1.54) is 12.6 Å². The van der Waals surface area contributed by atoms with Gasteiger partial charge in [-0.1, -0.05) is 20.3 Å². The predicted molar refractivity (Wildman–Crippen MR) is 133 cm³/mol. The van der Waals surface area contributed by atoms with E-state index in [4.69, 9.17) is 9.97 Å². The summed E-state index contributed by atoms with van der Waals surface area (Å²) >= 11 is 0. The summed E-state index contributed by atoms with van der Waals surface area (Å²) in [5.74, 6) is 1.49. The lowest BCUT2D eigenvalue weighted by atomic mass is 9.78. The summed E-state index contributed by atoms with van der Waals surface area (Å²) in [7, 11) is 0. The van der Waals surface area contributed by atoms with Crippen molar-refractivity contribution in [2.24, 2.45) is 5.41 Å². The molecule has 1 aliphatic heterocycles. The maximum atomic E-state index is 13.4. The zero-order valence-electron chi connectivity index (χ0n) is 20.2. The Morgan fingerprint density at radius 3 is 2.67 bits per heavy atom. The molecular formula is C26H28F3N7. The van der Waals surface area contributed by atoms with Crippen molar-refractivity contribution in [2.75, 3.05) is 18.4 Å². The second-order valence-corrected chi connectivity index (χ2v) is 10.6. The second kappa shape index (κ2) is 8.40. The van der Waals surface area contributed by atoms with Gasteiger partial charge in [0.2, 0.25) is 0 Å². The number of aromatic amines is 1. The highest BCUT2D eigenvalue weighted by Gasteiger charge is 2.35. The van der Waals surface area contributed by atoms with Crippen molar-refractivity contribution in [3.05, 3.63) is 42.0 Å². The normalized spacial score (nSPS) is 20.5. The molecule has 1 saturated heterocycles. The van der Waals surface area contributed by atoms with Crippen LogP contribution in [0.15, 0.2) is 30.7 Å². The monoisotopic (exact) mass is 495 g/mol. The summed E-state index contributed by atoms with van der Waals surface area (Å²) in [5, 5.41) is 8.48. The molecule has 1 saturated carbocycles. The van der Waals surface area contributed by atoms with Crippen LogP contribution in [0.5, 0.6) is 0 Å². The molecule has 1 aliphatic carbocycles. The summed E-state index contributed by atoms with van der Waals surface area (Å²) in [6.07, 6.45) is 4.95. The van der Waals surface area contributed by atoms with Crippen LogP contribution in [-0.4, -0.2) is 44.1 Å². The molecule has 10 heteroatoms. The first-order valence-corrected chi connectivity index (χ1v) is 12.4. The molecule has 4 aromatic rings. The Bertz CT molecular complexity index is 1440. The number of aromatic nitrogens is 5. The molecule has 3 N–H and O–H groups in total. The van der Waals surface area contributed by atoms with Crippen molar-refractivity contribution >= 4 is 27.8 Å². The van der Waals surface area contributed by atoms with Crippen molar-refractivity contribution in [2.45, 2.75) is 57.7 Å². The van der Waals surface area contributed by atoms with Crippen LogP contribution in [0.3, 0.4) is 0 Å². The van der Waals surface area contributed by atoms with Gasteiger partial charge in [0.1, 0.15) is 17.2 Å². The smallest absolute Gasteiger partial charge is 0.366 e. The van der Waals surface area contributed by atoms with Gasteiger partial charge >= 0.3 is 6.18 Å². The summed E-state index contributed by atoms with van der Waals surface area (Å²) in [6, 6.07) is 2.92. The molecule has 0 amide bonds. The number of alkyl halides is 3. The Hall–Kier alpha value is -3.27. The average Bonchev–Trinajstić information content (AvgIpc) is 3.24. The summed E-state index contributed by atoms with van der Waals surface area (Å²) in [4.78, 5) is 20.7. The van der Waals surface area contributed by atoms with Crippen molar-refractivity contribution in [1.29, 1.82) is 0 Å². The molecule has 2 fully saturated rings. The van der Waals surface area contributed by atoms with E-state index in [-0.39, 0.29) is 17.1 Å². The largest absolute Gasteiger partial charge is 0.431 e. The maximum Gasteiger partial charge on any atom is 0.431 e. The minimum Gasteiger partial charge on any atom is -0.366 e. The zero-order valence-corrected chi connectivity index (χ0v) is 20.2. The Morgan fingerprint density at radius 2 is 1.94 bits per heavy atom. The van der Waals surface area contributed by atoms with Crippen molar-refractivity contribution in [3.63, 3.8) is 0 Å². The highest BCUT2D eigenvalue weighted by molar-refractivity contribution is 5.97. The van der Waals surface area contributed by atoms with Gasteiger partial charge in [0.15, 0.2) is 5.82 Å². The van der Waals surface area contributed by atoms with Gasteiger partial charge in [-0.15, -0.1) is 0 Å². The van der Waals surface area contributed by atoms with Crippen LogP contribution in [0.1, 0.15) is 56.7 Å². The highest BCUT2D eigenvalue weighted by atomic mass is 19.4. The van der Waals surface area contributed by atoms with Crippen molar-refractivity contribution in [3.8, 4) is 11.4 Å². The summed E-state index contributed by atoms with van der Waals surface area (Å²) < 4.78 is 40.2. The summed E-state index contributed by atoms with van der Waals surface area (Å²) in [6.45, 7) is 6.23. The molecule has 4 aromatic heterocycles. The number of anilines is 1. The fraction of sp³-hybridized carbons (Fsp3) is 0.462. The fourth-order valence-electron chi connectivity index (χ4n) is 5.34. The standard InChI is InChI=1S/C26H28F3N7/c1-25(2)13-30-8-7-19(25)34-24-21-17(14-4-3-5-14)11-31-12-18(21)33-23(36-24)15-6-9-32-22-16(15)10-20(35-22)26(27,28)29/h6,9-12,14,19,30H,3-5,7-8,13H2,1-2H3,(H,32,35)(H,33,34,36)/t19-/m0/s1. The van der Waals surface area contributed by atoms with E-state index in [1.807, 2.05) is 6.20 Å². The number of halogens is 3. The number of fused-ring (bicyclic) bond motifs is 2. The predicted octanol–water partition coefficient (Wildman–Crippen LogP) is 5.65. The number of hydrogen-bond donors (Lipinski definition) is 3. The molecule has 5 heterocycles. The third kappa shape index (κ3) is 3.97.